The molecule has 0 radical (unpaired) electrons. The van der Waals surface area contributed by atoms with Gasteiger partial charge in [0.1, 0.15) is 11.8 Å². The summed E-state index contributed by atoms with van der Waals surface area (Å²) in [5, 5.41) is 12.0. The average Bonchev–Trinajstić information content (AvgIpc) is 2.96. The summed E-state index contributed by atoms with van der Waals surface area (Å²) < 4.78 is 3.05. The van der Waals surface area contributed by atoms with Gasteiger partial charge in [-0.15, -0.1) is 10.2 Å². The monoisotopic (exact) mass is 278 g/mol. The molecule has 0 spiro atoms. The van der Waals surface area contributed by atoms with Crippen LogP contribution in [0.25, 0.3) is 22.5 Å². The first-order valence-corrected chi connectivity index (χ1v) is 6.39. The highest BCUT2D eigenvalue weighted by Crippen LogP contribution is 2.11. The Morgan fingerprint density at radius 1 is 1.14 bits per heavy atom. The van der Waals surface area contributed by atoms with Gasteiger partial charge in [-0.05, 0) is 30.7 Å². The first kappa shape index (κ1) is 11.7. The van der Waals surface area contributed by atoms with Crippen LogP contribution in [0.3, 0.4) is 0 Å². The molecule has 1 aromatic carbocycles. The topological polar surface area (TPSA) is 78.0 Å². The summed E-state index contributed by atoms with van der Waals surface area (Å²) >= 11 is 0. The van der Waals surface area contributed by atoms with Crippen molar-refractivity contribution in [1.82, 2.24) is 29.4 Å². The van der Waals surface area contributed by atoms with Crippen molar-refractivity contribution in [3.05, 3.63) is 58.8 Å². The van der Waals surface area contributed by atoms with Gasteiger partial charge in [0.2, 0.25) is 0 Å². The molecule has 0 aliphatic rings. The lowest BCUT2D eigenvalue weighted by Crippen LogP contribution is -2.20. The molecule has 7 heteroatoms. The van der Waals surface area contributed by atoms with Crippen LogP contribution in [0.4, 0.5) is 0 Å². The fourth-order valence-electron chi connectivity index (χ4n) is 2.33. The Kier molecular flexibility index (Phi) is 2.34. The van der Waals surface area contributed by atoms with E-state index >= 15 is 0 Å². The van der Waals surface area contributed by atoms with Crippen molar-refractivity contribution in [1.29, 1.82) is 0 Å². The second kappa shape index (κ2) is 4.20. The van der Waals surface area contributed by atoms with E-state index in [1.165, 1.54) is 10.8 Å². The number of pyridine rings is 1. The lowest BCUT2D eigenvalue weighted by atomic mass is 10.2. The first-order chi connectivity index (χ1) is 10.2. The minimum atomic E-state index is -0.233. The van der Waals surface area contributed by atoms with E-state index < -0.39 is 0 Å². The molecule has 21 heavy (non-hydrogen) atoms. The van der Waals surface area contributed by atoms with Crippen LogP contribution >= 0.6 is 0 Å². The average molecular weight is 278 g/mol. The molecule has 3 heterocycles. The number of hydrogen-bond donors (Lipinski definition) is 0. The van der Waals surface area contributed by atoms with E-state index in [1.807, 2.05) is 31.2 Å². The summed E-state index contributed by atoms with van der Waals surface area (Å²) in [7, 11) is 0. The number of aryl methyl sites for hydroxylation is 1. The third-order valence-electron chi connectivity index (χ3n) is 3.32. The van der Waals surface area contributed by atoms with Crippen molar-refractivity contribution in [2.45, 2.75) is 6.92 Å². The normalized spacial score (nSPS) is 11.3. The molecular weight excluding hydrogens is 268 g/mol. The van der Waals surface area contributed by atoms with Crippen molar-refractivity contribution in [3.8, 4) is 5.69 Å². The number of hydrogen-bond acceptors (Lipinski definition) is 5. The maximum Gasteiger partial charge on any atom is 0.285 e. The zero-order valence-corrected chi connectivity index (χ0v) is 11.1. The van der Waals surface area contributed by atoms with Gasteiger partial charge in [-0.3, -0.25) is 9.36 Å². The number of nitrogens with zero attached hydrogens (tertiary/aromatic N) is 6. The molecule has 102 valence electrons. The van der Waals surface area contributed by atoms with Crippen LogP contribution in [-0.2, 0) is 0 Å². The van der Waals surface area contributed by atoms with Crippen molar-refractivity contribution in [2.24, 2.45) is 0 Å². The molecular formula is C14H10N6O. The first-order valence-electron chi connectivity index (χ1n) is 6.39. The predicted octanol–water partition coefficient (Wildman–Crippen LogP) is 1.13. The summed E-state index contributed by atoms with van der Waals surface area (Å²) in [4.78, 5) is 16.6. The van der Waals surface area contributed by atoms with Crippen molar-refractivity contribution >= 4 is 16.8 Å². The van der Waals surface area contributed by atoms with Crippen molar-refractivity contribution in [3.63, 3.8) is 0 Å². The van der Waals surface area contributed by atoms with Gasteiger partial charge in [-0.2, -0.15) is 14.6 Å². The minimum absolute atomic E-state index is 0.233. The summed E-state index contributed by atoms with van der Waals surface area (Å²) in [5.41, 5.74) is 2.49. The van der Waals surface area contributed by atoms with Crippen molar-refractivity contribution < 1.29 is 0 Å². The highest BCUT2D eigenvalue weighted by atomic mass is 16.1. The maximum atomic E-state index is 12.6. The van der Waals surface area contributed by atoms with Gasteiger partial charge in [0.15, 0.2) is 5.52 Å². The summed E-state index contributed by atoms with van der Waals surface area (Å²) in [6.07, 6.45) is 3.10. The van der Waals surface area contributed by atoms with Gasteiger partial charge in [0, 0.05) is 11.9 Å². The Balaban J connectivity index is 2.07. The molecule has 0 atom stereocenters. The Hall–Kier alpha value is -3.09. The lowest BCUT2D eigenvalue weighted by molar-refractivity contribution is 0.914. The van der Waals surface area contributed by atoms with E-state index in [9.17, 15) is 4.79 Å². The van der Waals surface area contributed by atoms with Gasteiger partial charge in [-0.25, -0.2) is 0 Å². The third kappa shape index (κ3) is 1.71. The molecule has 0 aliphatic carbocycles. The largest absolute Gasteiger partial charge is 0.285 e. The van der Waals surface area contributed by atoms with Gasteiger partial charge in [-0.1, -0.05) is 12.1 Å². The number of benzene rings is 1. The molecule has 0 amide bonds. The Morgan fingerprint density at radius 3 is 2.90 bits per heavy atom. The zero-order chi connectivity index (χ0) is 14.4. The number of fused-ring (bicyclic) bond motifs is 3. The van der Waals surface area contributed by atoms with E-state index in [0.717, 1.165) is 11.3 Å². The summed E-state index contributed by atoms with van der Waals surface area (Å²) in [5.74, 6) is 0.371. The van der Waals surface area contributed by atoms with Gasteiger partial charge in [0.05, 0.1) is 0 Å². The quantitative estimate of drug-likeness (QED) is 0.521. The Labute approximate surface area is 118 Å². The van der Waals surface area contributed by atoms with Crippen LogP contribution in [-0.4, -0.2) is 29.4 Å². The van der Waals surface area contributed by atoms with Crippen LogP contribution in [0.15, 0.2) is 47.7 Å². The van der Waals surface area contributed by atoms with E-state index in [4.69, 9.17) is 0 Å². The molecule has 0 saturated heterocycles. The molecule has 7 nitrogen and oxygen atoms in total. The highest BCUT2D eigenvalue weighted by Gasteiger charge is 2.10. The van der Waals surface area contributed by atoms with Crippen LogP contribution in [0, 0.1) is 6.92 Å². The minimum Gasteiger partial charge on any atom is -0.282 e. The highest BCUT2D eigenvalue weighted by molar-refractivity contribution is 5.74. The third-order valence-corrected chi connectivity index (χ3v) is 3.32. The second-order valence-electron chi connectivity index (χ2n) is 4.74. The standard InChI is InChI=1S/C14H10N6O/c1-9-3-2-4-10(7-9)19-6-5-11-12(13(19)21)17-18-14-15-8-16-20(11)14/h2-8H,1H3. The van der Waals surface area contributed by atoms with Crippen LogP contribution in [0.2, 0.25) is 0 Å². The van der Waals surface area contributed by atoms with Crippen molar-refractivity contribution in [2.75, 3.05) is 0 Å². The van der Waals surface area contributed by atoms with Gasteiger partial charge < -0.3 is 0 Å². The zero-order valence-electron chi connectivity index (χ0n) is 11.1. The molecule has 0 fully saturated rings. The smallest absolute Gasteiger partial charge is 0.282 e. The lowest BCUT2D eigenvalue weighted by Gasteiger charge is -2.07. The van der Waals surface area contributed by atoms with Crippen LogP contribution in [0.5, 0.6) is 0 Å². The molecule has 0 unspecified atom stereocenters. The summed E-state index contributed by atoms with van der Waals surface area (Å²) in [6, 6.07) is 9.49. The number of aromatic nitrogens is 6. The molecule has 0 N–H and O–H groups in total. The second-order valence-corrected chi connectivity index (χ2v) is 4.74. The van der Waals surface area contributed by atoms with E-state index in [2.05, 4.69) is 20.3 Å². The van der Waals surface area contributed by atoms with Crippen LogP contribution < -0.4 is 5.56 Å². The summed E-state index contributed by atoms with van der Waals surface area (Å²) in [6.45, 7) is 1.98. The van der Waals surface area contributed by atoms with Gasteiger partial charge >= 0.3 is 0 Å². The van der Waals surface area contributed by atoms with E-state index in [1.54, 1.807) is 16.8 Å². The fraction of sp³-hybridized carbons (Fsp3) is 0.0714. The van der Waals surface area contributed by atoms with Crippen LogP contribution in [0.1, 0.15) is 5.56 Å². The SMILES string of the molecule is Cc1cccc(-n2ccc3c(nnc4ncnn43)c2=O)c1. The molecule has 0 bridgehead atoms. The molecule has 4 aromatic rings. The maximum absolute atomic E-state index is 12.6. The Bertz CT molecular complexity index is 1030. The predicted molar refractivity (Wildman–Crippen MR) is 76.4 cm³/mol. The molecule has 0 aliphatic heterocycles. The molecule has 0 saturated carbocycles. The fourth-order valence-corrected chi connectivity index (χ4v) is 2.33. The Morgan fingerprint density at radius 2 is 2.05 bits per heavy atom. The van der Waals surface area contributed by atoms with E-state index in [-0.39, 0.29) is 11.1 Å². The number of rotatable bonds is 1. The van der Waals surface area contributed by atoms with E-state index in [0.29, 0.717) is 11.3 Å². The molecule has 4 rings (SSSR count). The van der Waals surface area contributed by atoms with Gasteiger partial charge in [0.25, 0.3) is 11.3 Å². The molecule has 3 aromatic heterocycles.